The van der Waals surface area contributed by atoms with E-state index in [4.69, 9.17) is 0 Å². The number of β-amino-alcohol motifs (C(OH)–C–C–N with tert-alkyl or cyclic N) is 1. The quantitative estimate of drug-likeness (QED) is 0.912. The molecular formula is C16H23NO3S. The molecular weight excluding hydrogens is 286 g/mol. The van der Waals surface area contributed by atoms with Gasteiger partial charge in [0.25, 0.3) is 0 Å². The molecule has 1 aromatic carbocycles. The van der Waals surface area contributed by atoms with Gasteiger partial charge in [0.05, 0.1) is 11.0 Å². The van der Waals surface area contributed by atoms with Crippen molar-refractivity contribution in [3.8, 4) is 0 Å². The first-order valence-electron chi connectivity index (χ1n) is 7.75. The average Bonchev–Trinajstić information content (AvgIpc) is 2.46. The molecule has 1 saturated heterocycles. The summed E-state index contributed by atoms with van der Waals surface area (Å²) in [5.41, 5.74) is 1.04. The molecule has 116 valence electrons. The maximum absolute atomic E-state index is 12.9. The van der Waals surface area contributed by atoms with E-state index in [2.05, 4.69) is 0 Å². The summed E-state index contributed by atoms with van der Waals surface area (Å²) in [7, 11) is -3.51. The SMILES string of the molecule is Cc1ccc(S(=O)(=O)N2C[C@@H](O)C[C@H]3CCCC[C@H]32)cc1. The number of hydrogen-bond donors (Lipinski definition) is 1. The van der Waals surface area contributed by atoms with Crippen LogP contribution >= 0.6 is 0 Å². The highest BCUT2D eigenvalue weighted by Crippen LogP contribution is 2.38. The van der Waals surface area contributed by atoms with Crippen LogP contribution in [0.15, 0.2) is 29.2 Å². The lowest BCUT2D eigenvalue weighted by Crippen LogP contribution is -2.54. The van der Waals surface area contributed by atoms with Crippen LogP contribution in [-0.4, -0.2) is 36.5 Å². The Morgan fingerprint density at radius 2 is 1.81 bits per heavy atom. The van der Waals surface area contributed by atoms with Crippen molar-refractivity contribution in [3.63, 3.8) is 0 Å². The summed E-state index contributed by atoms with van der Waals surface area (Å²) in [6.07, 6.45) is 4.38. The van der Waals surface area contributed by atoms with Gasteiger partial charge >= 0.3 is 0 Å². The largest absolute Gasteiger partial charge is 0.392 e. The normalized spacial score (nSPS) is 30.9. The Morgan fingerprint density at radius 3 is 2.52 bits per heavy atom. The van der Waals surface area contributed by atoms with Gasteiger partial charge in [-0.15, -0.1) is 0 Å². The zero-order valence-corrected chi connectivity index (χ0v) is 13.2. The fourth-order valence-corrected chi connectivity index (χ4v) is 5.48. The third-order valence-electron chi connectivity index (χ3n) is 4.83. The van der Waals surface area contributed by atoms with Crippen LogP contribution in [0.4, 0.5) is 0 Å². The third-order valence-corrected chi connectivity index (χ3v) is 6.74. The van der Waals surface area contributed by atoms with E-state index in [1.807, 2.05) is 19.1 Å². The summed E-state index contributed by atoms with van der Waals surface area (Å²) < 4.78 is 27.4. The summed E-state index contributed by atoms with van der Waals surface area (Å²) in [6.45, 7) is 2.18. The molecule has 3 rings (SSSR count). The monoisotopic (exact) mass is 309 g/mol. The summed E-state index contributed by atoms with van der Waals surface area (Å²) >= 11 is 0. The van der Waals surface area contributed by atoms with Crippen LogP contribution in [0.2, 0.25) is 0 Å². The number of aliphatic hydroxyl groups is 1. The fraction of sp³-hybridized carbons (Fsp3) is 0.625. The molecule has 0 amide bonds. The molecule has 2 aliphatic rings. The van der Waals surface area contributed by atoms with Crippen molar-refractivity contribution in [1.82, 2.24) is 4.31 Å². The van der Waals surface area contributed by atoms with Crippen LogP contribution in [0, 0.1) is 12.8 Å². The number of hydrogen-bond acceptors (Lipinski definition) is 3. The first-order chi connectivity index (χ1) is 9.98. The van der Waals surface area contributed by atoms with Gasteiger partial charge in [-0.05, 0) is 44.2 Å². The molecule has 1 aliphatic heterocycles. The summed E-state index contributed by atoms with van der Waals surface area (Å²) in [6, 6.07) is 7.05. The van der Waals surface area contributed by atoms with E-state index in [-0.39, 0.29) is 12.6 Å². The number of nitrogens with zero attached hydrogens (tertiary/aromatic N) is 1. The van der Waals surface area contributed by atoms with Crippen LogP contribution in [-0.2, 0) is 10.0 Å². The van der Waals surface area contributed by atoms with E-state index >= 15 is 0 Å². The Balaban J connectivity index is 1.94. The Labute approximate surface area is 126 Å². The first-order valence-corrected chi connectivity index (χ1v) is 9.19. The van der Waals surface area contributed by atoms with Gasteiger partial charge < -0.3 is 5.11 Å². The van der Waals surface area contributed by atoms with Gasteiger partial charge in [0.15, 0.2) is 0 Å². The average molecular weight is 309 g/mol. The molecule has 5 heteroatoms. The minimum Gasteiger partial charge on any atom is -0.392 e. The number of benzene rings is 1. The molecule has 1 saturated carbocycles. The van der Waals surface area contributed by atoms with E-state index in [1.54, 1.807) is 16.4 Å². The fourth-order valence-electron chi connectivity index (χ4n) is 3.73. The molecule has 3 atom stereocenters. The summed E-state index contributed by atoms with van der Waals surface area (Å²) in [5, 5.41) is 10.1. The van der Waals surface area contributed by atoms with Crippen molar-refractivity contribution >= 4 is 10.0 Å². The van der Waals surface area contributed by atoms with Gasteiger partial charge in [0.2, 0.25) is 10.0 Å². The van der Waals surface area contributed by atoms with Gasteiger partial charge in [0.1, 0.15) is 0 Å². The zero-order chi connectivity index (χ0) is 15.0. The topological polar surface area (TPSA) is 57.6 Å². The summed E-state index contributed by atoms with van der Waals surface area (Å²) in [5.74, 6) is 0.308. The minimum atomic E-state index is -3.51. The highest BCUT2D eigenvalue weighted by molar-refractivity contribution is 7.89. The van der Waals surface area contributed by atoms with Gasteiger partial charge in [-0.1, -0.05) is 30.5 Å². The lowest BCUT2D eigenvalue weighted by atomic mass is 9.79. The van der Waals surface area contributed by atoms with Crippen molar-refractivity contribution in [2.24, 2.45) is 5.92 Å². The van der Waals surface area contributed by atoms with Gasteiger partial charge in [0, 0.05) is 12.6 Å². The summed E-state index contributed by atoms with van der Waals surface area (Å²) in [4.78, 5) is 0.339. The molecule has 0 spiro atoms. The second kappa shape index (κ2) is 5.71. The van der Waals surface area contributed by atoms with Crippen molar-refractivity contribution in [2.45, 2.75) is 56.1 Å². The minimum absolute atomic E-state index is 0.0634. The van der Waals surface area contributed by atoms with E-state index in [9.17, 15) is 13.5 Å². The zero-order valence-electron chi connectivity index (χ0n) is 12.4. The Hall–Kier alpha value is -0.910. The highest BCUT2D eigenvalue weighted by atomic mass is 32.2. The van der Waals surface area contributed by atoms with E-state index in [0.29, 0.717) is 10.8 Å². The van der Waals surface area contributed by atoms with Crippen LogP contribution in [0.1, 0.15) is 37.7 Å². The number of fused-ring (bicyclic) bond motifs is 1. The van der Waals surface area contributed by atoms with Crippen molar-refractivity contribution in [1.29, 1.82) is 0 Å². The number of rotatable bonds is 2. The molecule has 1 N–H and O–H groups in total. The van der Waals surface area contributed by atoms with Crippen LogP contribution < -0.4 is 0 Å². The lowest BCUT2D eigenvalue weighted by molar-refractivity contribution is 0.0241. The highest BCUT2D eigenvalue weighted by Gasteiger charge is 2.42. The first kappa shape index (κ1) is 15.0. The van der Waals surface area contributed by atoms with E-state index in [0.717, 1.165) is 37.7 Å². The van der Waals surface area contributed by atoms with Crippen molar-refractivity contribution < 1.29 is 13.5 Å². The number of sulfonamides is 1. The predicted octanol–water partition coefficient (Wildman–Crippen LogP) is 2.31. The van der Waals surface area contributed by atoms with Crippen molar-refractivity contribution in [3.05, 3.63) is 29.8 Å². The molecule has 2 fully saturated rings. The molecule has 21 heavy (non-hydrogen) atoms. The maximum atomic E-state index is 12.9. The smallest absolute Gasteiger partial charge is 0.243 e. The molecule has 1 heterocycles. The van der Waals surface area contributed by atoms with Gasteiger partial charge in [-0.3, -0.25) is 0 Å². The molecule has 0 radical (unpaired) electrons. The molecule has 0 aromatic heterocycles. The molecule has 1 aliphatic carbocycles. The maximum Gasteiger partial charge on any atom is 0.243 e. The standard InChI is InChI=1S/C16H23NO3S/c1-12-6-8-15(9-7-12)21(19,20)17-11-14(18)10-13-4-2-3-5-16(13)17/h6-9,13-14,16,18H,2-5,10-11H2,1H3/t13-,14+,16-/m1/s1. The Bertz CT molecular complexity index is 596. The van der Waals surface area contributed by atoms with Gasteiger partial charge in [-0.25, -0.2) is 8.42 Å². The molecule has 0 bridgehead atoms. The second-order valence-corrected chi connectivity index (χ2v) is 8.28. The molecule has 4 nitrogen and oxygen atoms in total. The molecule has 0 unspecified atom stereocenters. The number of aryl methyl sites for hydroxylation is 1. The Morgan fingerprint density at radius 1 is 1.14 bits per heavy atom. The van der Waals surface area contributed by atoms with Crippen LogP contribution in [0.25, 0.3) is 0 Å². The van der Waals surface area contributed by atoms with Gasteiger partial charge in [-0.2, -0.15) is 4.31 Å². The Kier molecular flexibility index (Phi) is 4.08. The lowest BCUT2D eigenvalue weighted by Gasteiger charge is -2.44. The number of aliphatic hydroxyl groups excluding tert-OH is 1. The van der Waals surface area contributed by atoms with Crippen molar-refractivity contribution in [2.75, 3.05) is 6.54 Å². The van der Waals surface area contributed by atoms with E-state index in [1.165, 1.54) is 0 Å². The van der Waals surface area contributed by atoms with Crippen LogP contribution in [0.5, 0.6) is 0 Å². The molecule has 1 aromatic rings. The van der Waals surface area contributed by atoms with E-state index < -0.39 is 16.1 Å². The predicted molar refractivity (Wildman–Crippen MR) is 81.4 cm³/mol. The third kappa shape index (κ3) is 2.87. The number of piperidine rings is 1. The second-order valence-electron chi connectivity index (χ2n) is 6.39. The van der Waals surface area contributed by atoms with Crippen LogP contribution in [0.3, 0.4) is 0 Å².